The van der Waals surface area contributed by atoms with Gasteiger partial charge in [-0.3, -0.25) is 0 Å². The summed E-state index contributed by atoms with van der Waals surface area (Å²) in [6, 6.07) is 0.976. The maximum atomic E-state index is 12.6. The number of hydrogen-bond acceptors (Lipinski definition) is 2. The van der Waals surface area contributed by atoms with Crippen LogP contribution in [0.2, 0.25) is 10.2 Å². The highest BCUT2D eigenvalue weighted by atomic mass is 35.5. The van der Waals surface area contributed by atoms with Gasteiger partial charge in [-0.15, -0.1) is 0 Å². The number of pyridine rings is 1. The third kappa shape index (κ3) is 3.29. The molecule has 1 rings (SSSR count). The molecule has 8 heteroatoms. The molecule has 0 amide bonds. The van der Waals surface area contributed by atoms with Crippen LogP contribution in [0.15, 0.2) is 12.3 Å². The van der Waals surface area contributed by atoms with Gasteiger partial charge in [-0.1, -0.05) is 34.8 Å². The maximum absolute atomic E-state index is 12.6. The average molecular weight is 280 g/mol. The van der Waals surface area contributed by atoms with Crippen molar-refractivity contribution in [2.24, 2.45) is 0 Å². The lowest BCUT2D eigenvalue weighted by molar-refractivity contribution is -0.199. The molecule has 84 valence electrons. The predicted molar refractivity (Wildman–Crippen MR) is 50.6 cm³/mol. The van der Waals surface area contributed by atoms with Crippen LogP contribution < -0.4 is 4.74 Å². The van der Waals surface area contributed by atoms with Crippen LogP contribution in [0.5, 0.6) is 5.75 Å². The second-order valence-electron chi connectivity index (χ2n) is 2.41. The minimum Gasteiger partial charge on any atom is -0.428 e. The zero-order valence-corrected chi connectivity index (χ0v) is 9.12. The quantitative estimate of drug-likeness (QED) is 0.619. The number of ether oxygens (including phenoxy) is 1. The summed E-state index contributed by atoms with van der Waals surface area (Å²) in [7, 11) is 0. The first kappa shape index (κ1) is 12.7. The molecule has 1 unspecified atom stereocenters. The van der Waals surface area contributed by atoms with Crippen LogP contribution in [-0.4, -0.2) is 16.7 Å². The monoisotopic (exact) mass is 279 g/mol. The molecule has 0 aliphatic rings. The predicted octanol–water partition coefficient (Wildman–Crippen LogP) is 3.89. The molecule has 2 nitrogen and oxygen atoms in total. The number of hydrogen-bond donors (Lipinski definition) is 0. The number of halogens is 6. The molecule has 1 aromatic heterocycles. The van der Waals surface area contributed by atoms with Gasteiger partial charge in [0.15, 0.2) is 0 Å². The van der Waals surface area contributed by atoms with Crippen molar-refractivity contribution in [1.29, 1.82) is 0 Å². The Morgan fingerprint density at radius 1 is 1.40 bits per heavy atom. The molecule has 0 fully saturated rings. The van der Waals surface area contributed by atoms with Gasteiger partial charge in [0.2, 0.25) is 0 Å². The molecular formula is C7H3Cl3F3NO. The second-order valence-corrected chi connectivity index (χ2v) is 3.56. The van der Waals surface area contributed by atoms with E-state index in [0.29, 0.717) is 0 Å². The molecule has 0 spiro atoms. The summed E-state index contributed by atoms with van der Waals surface area (Å²) in [5, 5.41) is -0.162. The molecule has 0 aromatic carbocycles. The van der Waals surface area contributed by atoms with Gasteiger partial charge < -0.3 is 4.74 Å². The Balaban J connectivity index is 2.86. The Morgan fingerprint density at radius 2 is 2.00 bits per heavy atom. The standard InChI is InChI=1S/C7H3Cl3F3NO/c8-4-1-3(2-14-5(4)9)15-7(12,13)6(10)11/h1-2,6H. The van der Waals surface area contributed by atoms with E-state index in [-0.39, 0.29) is 10.2 Å². The van der Waals surface area contributed by atoms with Crippen LogP contribution in [-0.2, 0) is 0 Å². The average Bonchev–Trinajstić information content (AvgIpc) is 2.10. The summed E-state index contributed by atoms with van der Waals surface area (Å²) >= 11 is 15.5. The number of aromatic nitrogens is 1. The number of nitrogens with zero attached hydrogens (tertiary/aromatic N) is 1. The summed E-state index contributed by atoms with van der Waals surface area (Å²) in [5.41, 5.74) is -2.97. The minimum absolute atomic E-state index is 0.0741. The zero-order valence-electron chi connectivity index (χ0n) is 6.86. The normalized spacial score (nSPS) is 13.7. The van der Waals surface area contributed by atoms with E-state index < -0.39 is 17.5 Å². The van der Waals surface area contributed by atoms with Crippen molar-refractivity contribution in [3.05, 3.63) is 22.4 Å². The van der Waals surface area contributed by atoms with Gasteiger partial charge in [0.1, 0.15) is 10.9 Å². The molecule has 0 saturated heterocycles. The van der Waals surface area contributed by atoms with Crippen molar-refractivity contribution in [3.63, 3.8) is 0 Å². The summed E-state index contributed by atoms with van der Waals surface area (Å²) in [6.07, 6.45) is -3.28. The Bertz CT molecular complexity index is 361. The van der Waals surface area contributed by atoms with Crippen molar-refractivity contribution < 1.29 is 17.9 Å². The van der Waals surface area contributed by atoms with Crippen LogP contribution in [0, 0.1) is 0 Å². The third-order valence-corrected chi connectivity index (χ3v) is 2.22. The molecule has 1 atom stereocenters. The summed E-state index contributed by atoms with van der Waals surface area (Å²) in [6.45, 7) is 0. The highest BCUT2D eigenvalue weighted by Gasteiger charge is 2.42. The van der Waals surface area contributed by atoms with Crippen LogP contribution in [0.25, 0.3) is 0 Å². The van der Waals surface area contributed by atoms with E-state index in [1.165, 1.54) is 0 Å². The molecule has 0 bridgehead atoms. The summed E-state index contributed by atoms with van der Waals surface area (Å²) in [4.78, 5) is 3.43. The van der Waals surface area contributed by atoms with Crippen LogP contribution in [0.4, 0.5) is 13.2 Å². The van der Waals surface area contributed by atoms with Crippen molar-refractivity contribution >= 4 is 34.8 Å². The maximum Gasteiger partial charge on any atom is 0.444 e. The fourth-order valence-electron chi connectivity index (χ4n) is 0.661. The SMILES string of the molecule is FC(Cl)C(F)(F)Oc1cnc(Cl)c(Cl)c1. The van der Waals surface area contributed by atoms with E-state index in [9.17, 15) is 13.2 Å². The Kier molecular flexibility index (Phi) is 3.92. The molecule has 1 aromatic rings. The minimum atomic E-state index is -4.15. The Labute approximate surface area is 97.9 Å². The fourth-order valence-corrected chi connectivity index (χ4v) is 0.965. The second kappa shape index (κ2) is 4.63. The lowest BCUT2D eigenvalue weighted by Crippen LogP contribution is -2.32. The highest BCUT2D eigenvalue weighted by molar-refractivity contribution is 6.41. The first-order valence-corrected chi connectivity index (χ1v) is 4.68. The largest absolute Gasteiger partial charge is 0.444 e. The topological polar surface area (TPSA) is 22.1 Å². The van der Waals surface area contributed by atoms with Gasteiger partial charge in [-0.05, 0) is 0 Å². The summed E-state index contributed by atoms with van der Waals surface area (Å²) in [5.74, 6) is -0.433. The van der Waals surface area contributed by atoms with Crippen molar-refractivity contribution in [2.75, 3.05) is 0 Å². The van der Waals surface area contributed by atoms with Crippen LogP contribution in [0.3, 0.4) is 0 Å². The zero-order chi connectivity index (χ0) is 11.6. The van der Waals surface area contributed by atoms with E-state index in [1.54, 1.807) is 0 Å². The van der Waals surface area contributed by atoms with Crippen LogP contribution >= 0.6 is 34.8 Å². The van der Waals surface area contributed by atoms with E-state index in [0.717, 1.165) is 12.3 Å². The third-order valence-electron chi connectivity index (χ3n) is 1.28. The molecular weight excluding hydrogens is 277 g/mol. The highest BCUT2D eigenvalue weighted by Crippen LogP contribution is 2.31. The van der Waals surface area contributed by atoms with Gasteiger partial charge >= 0.3 is 6.11 Å². The van der Waals surface area contributed by atoms with Crippen molar-refractivity contribution in [3.8, 4) is 5.75 Å². The fraction of sp³-hybridized carbons (Fsp3) is 0.286. The van der Waals surface area contributed by atoms with E-state index in [2.05, 4.69) is 21.3 Å². The molecule has 0 aliphatic carbocycles. The van der Waals surface area contributed by atoms with E-state index >= 15 is 0 Å². The molecule has 0 saturated carbocycles. The number of alkyl halides is 4. The number of rotatable bonds is 3. The molecule has 0 N–H and O–H groups in total. The van der Waals surface area contributed by atoms with Crippen LogP contribution in [0.1, 0.15) is 0 Å². The van der Waals surface area contributed by atoms with E-state index in [1.807, 2.05) is 0 Å². The Morgan fingerprint density at radius 3 is 2.47 bits per heavy atom. The molecule has 0 aliphatic heterocycles. The van der Waals surface area contributed by atoms with E-state index in [4.69, 9.17) is 23.2 Å². The van der Waals surface area contributed by atoms with Crippen molar-refractivity contribution in [2.45, 2.75) is 11.7 Å². The lowest BCUT2D eigenvalue weighted by atomic mass is 10.4. The first-order chi connectivity index (χ1) is 6.83. The first-order valence-electron chi connectivity index (χ1n) is 3.49. The van der Waals surface area contributed by atoms with Gasteiger partial charge in [-0.2, -0.15) is 8.78 Å². The molecule has 0 radical (unpaired) electrons. The van der Waals surface area contributed by atoms with Gasteiger partial charge in [-0.25, -0.2) is 9.37 Å². The smallest absolute Gasteiger partial charge is 0.428 e. The summed E-state index contributed by atoms with van der Waals surface area (Å²) < 4.78 is 41.4. The van der Waals surface area contributed by atoms with Gasteiger partial charge in [0.25, 0.3) is 5.63 Å². The molecule has 1 heterocycles. The lowest BCUT2D eigenvalue weighted by Gasteiger charge is -2.17. The Hall–Kier alpha value is -0.390. The van der Waals surface area contributed by atoms with Crippen molar-refractivity contribution in [1.82, 2.24) is 4.98 Å². The van der Waals surface area contributed by atoms with Gasteiger partial charge in [0.05, 0.1) is 11.2 Å². The molecule has 15 heavy (non-hydrogen) atoms. The van der Waals surface area contributed by atoms with Gasteiger partial charge in [0, 0.05) is 6.07 Å².